The van der Waals surface area contributed by atoms with E-state index in [2.05, 4.69) is 18.7 Å². The van der Waals surface area contributed by atoms with Gasteiger partial charge in [-0.2, -0.15) is 0 Å². The van der Waals surface area contributed by atoms with E-state index < -0.39 is 0 Å². The molecular formula is C13H26N2. The van der Waals surface area contributed by atoms with Crippen LogP contribution in [-0.2, 0) is 0 Å². The highest BCUT2D eigenvalue weighted by molar-refractivity contribution is 4.88. The second kappa shape index (κ2) is 4.42. The topological polar surface area (TPSA) is 29.3 Å². The van der Waals surface area contributed by atoms with Crippen LogP contribution in [0.3, 0.4) is 0 Å². The predicted octanol–water partition coefficient (Wildman–Crippen LogP) is 2.24. The smallest absolute Gasteiger partial charge is 0.00957 e. The van der Waals surface area contributed by atoms with E-state index in [9.17, 15) is 0 Å². The largest absolute Gasteiger partial charge is 0.330 e. The van der Waals surface area contributed by atoms with Crippen LogP contribution in [0.15, 0.2) is 0 Å². The summed E-state index contributed by atoms with van der Waals surface area (Å²) in [6.45, 7) is 8.34. The van der Waals surface area contributed by atoms with Gasteiger partial charge >= 0.3 is 0 Å². The molecule has 1 heterocycles. The quantitative estimate of drug-likeness (QED) is 0.757. The molecule has 1 aliphatic heterocycles. The molecule has 2 heteroatoms. The van der Waals surface area contributed by atoms with Gasteiger partial charge in [0.25, 0.3) is 0 Å². The van der Waals surface area contributed by atoms with Gasteiger partial charge in [-0.1, -0.05) is 13.8 Å². The molecule has 0 aromatic carbocycles. The van der Waals surface area contributed by atoms with Crippen molar-refractivity contribution in [3.8, 4) is 0 Å². The summed E-state index contributed by atoms with van der Waals surface area (Å²) < 4.78 is 0. The summed E-state index contributed by atoms with van der Waals surface area (Å²) in [6, 6.07) is 0.870. The van der Waals surface area contributed by atoms with Crippen LogP contribution in [0.2, 0.25) is 0 Å². The van der Waals surface area contributed by atoms with Gasteiger partial charge in [-0.15, -0.1) is 0 Å². The maximum absolute atomic E-state index is 5.73. The molecule has 0 spiro atoms. The Morgan fingerprint density at radius 2 is 1.87 bits per heavy atom. The van der Waals surface area contributed by atoms with Crippen LogP contribution in [0.4, 0.5) is 0 Å². The molecule has 88 valence electrons. The van der Waals surface area contributed by atoms with E-state index in [-0.39, 0.29) is 0 Å². The van der Waals surface area contributed by atoms with Crippen molar-refractivity contribution < 1.29 is 0 Å². The lowest BCUT2D eigenvalue weighted by Crippen LogP contribution is -2.38. The second-order valence-corrected chi connectivity index (χ2v) is 6.29. The van der Waals surface area contributed by atoms with Crippen molar-refractivity contribution in [2.45, 2.75) is 52.0 Å². The standard InChI is InChI=1S/C13H26N2/c1-13(2)7-8-15(10-13)12-5-3-11(9-14)4-6-12/h11-12H,3-10,14H2,1-2H3. The van der Waals surface area contributed by atoms with E-state index >= 15 is 0 Å². The molecule has 15 heavy (non-hydrogen) atoms. The minimum Gasteiger partial charge on any atom is -0.330 e. The van der Waals surface area contributed by atoms with E-state index in [1.165, 1.54) is 45.2 Å². The molecule has 2 N–H and O–H groups in total. The van der Waals surface area contributed by atoms with Crippen molar-refractivity contribution in [1.82, 2.24) is 4.90 Å². The molecule has 1 saturated carbocycles. The zero-order valence-electron chi connectivity index (χ0n) is 10.3. The van der Waals surface area contributed by atoms with Crippen LogP contribution in [0.25, 0.3) is 0 Å². The Kier molecular flexibility index (Phi) is 3.36. The molecule has 2 nitrogen and oxygen atoms in total. The van der Waals surface area contributed by atoms with Crippen LogP contribution in [-0.4, -0.2) is 30.6 Å². The van der Waals surface area contributed by atoms with Crippen molar-refractivity contribution in [3.05, 3.63) is 0 Å². The highest BCUT2D eigenvalue weighted by atomic mass is 15.2. The van der Waals surface area contributed by atoms with E-state index in [4.69, 9.17) is 5.73 Å². The number of nitrogens with two attached hydrogens (primary N) is 1. The molecule has 0 amide bonds. The first kappa shape index (κ1) is 11.4. The monoisotopic (exact) mass is 210 g/mol. The molecular weight excluding hydrogens is 184 g/mol. The maximum atomic E-state index is 5.73. The normalized spacial score (nSPS) is 37.0. The number of nitrogens with zero attached hydrogens (tertiary/aromatic N) is 1. The van der Waals surface area contributed by atoms with Gasteiger partial charge in [0.15, 0.2) is 0 Å². The molecule has 0 aromatic rings. The van der Waals surface area contributed by atoms with Gasteiger partial charge in [-0.05, 0) is 56.5 Å². The van der Waals surface area contributed by atoms with Gasteiger partial charge in [0.2, 0.25) is 0 Å². The maximum Gasteiger partial charge on any atom is 0.00957 e. The van der Waals surface area contributed by atoms with Crippen molar-refractivity contribution >= 4 is 0 Å². The van der Waals surface area contributed by atoms with Crippen molar-refractivity contribution in [1.29, 1.82) is 0 Å². The summed E-state index contributed by atoms with van der Waals surface area (Å²) in [7, 11) is 0. The fourth-order valence-electron chi connectivity index (χ4n) is 3.21. The van der Waals surface area contributed by atoms with Crippen LogP contribution in [0.5, 0.6) is 0 Å². The Labute approximate surface area is 94.2 Å². The van der Waals surface area contributed by atoms with Gasteiger partial charge in [-0.3, -0.25) is 4.90 Å². The molecule has 2 rings (SSSR count). The highest BCUT2D eigenvalue weighted by Gasteiger charge is 2.34. The van der Waals surface area contributed by atoms with Gasteiger partial charge in [0.05, 0.1) is 0 Å². The molecule has 1 aliphatic carbocycles. The zero-order valence-corrected chi connectivity index (χ0v) is 10.3. The first-order valence-electron chi connectivity index (χ1n) is 6.55. The average molecular weight is 210 g/mol. The van der Waals surface area contributed by atoms with Gasteiger partial charge in [-0.25, -0.2) is 0 Å². The SMILES string of the molecule is CC1(C)CCN(C2CCC(CN)CC2)C1. The fourth-order valence-corrected chi connectivity index (χ4v) is 3.21. The number of rotatable bonds is 2. The van der Waals surface area contributed by atoms with Crippen molar-refractivity contribution in [2.75, 3.05) is 19.6 Å². The van der Waals surface area contributed by atoms with Gasteiger partial charge in [0, 0.05) is 12.6 Å². The number of hydrogen-bond donors (Lipinski definition) is 1. The van der Waals surface area contributed by atoms with E-state index in [0.717, 1.165) is 18.5 Å². The highest BCUT2D eigenvalue weighted by Crippen LogP contribution is 2.35. The van der Waals surface area contributed by atoms with Crippen LogP contribution in [0, 0.1) is 11.3 Å². The Morgan fingerprint density at radius 3 is 2.33 bits per heavy atom. The lowest BCUT2D eigenvalue weighted by Gasteiger charge is -2.35. The second-order valence-electron chi connectivity index (χ2n) is 6.29. The van der Waals surface area contributed by atoms with Crippen molar-refractivity contribution in [2.24, 2.45) is 17.1 Å². The zero-order chi connectivity index (χ0) is 10.9. The lowest BCUT2D eigenvalue weighted by atomic mass is 9.85. The fraction of sp³-hybridized carbons (Fsp3) is 1.00. The van der Waals surface area contributed by atoms with Crippen molar-refractivity contribution in [3.63, 3.8) is 0 Å². The van der Waals surface area contributed by atoms with Crippen LogP contribution in [0.1, 0.15) is 46.0 Å². The molecule has 0 unspecified atom stereocenters. The molecule has 0 atom stereocenters. The Bertz CT molecular complexity index is 205. The summed E-state index contributed by atoms with van der Waals surface area (Å²) >= 11 is 0. The third kappa shape index (κ3) is 2.73. The third-order valence-corrected chi connectivity index (χ3v) is 4.37. The molecule has 0 bridgehead atoms. The summed E-state index contributed by atoms with van der Waals surface area (Å²) in [4.78, 5) is 2.73. The predicted molar refractivity (Wildman–Crippen MR) is 64.8 cm³/mol. The molecule has 1 saturated heterocycles. The Morgan fingerprint density at radius 1 is 1.20 bits per heavy atom. The molecule has 0 radical (unpaired) electrons. The number of hydrogen-bond acceptors (Lipinski definition) is 2. The summed E-state index contributed by atoms with van der Waals surface area (Å²) in [6.07, 6.45) is 6.87. The Hall–Kier alpha value is -0.0800. The summed E-state index contributed by atoms with van der Waals surface area (Å²) in [5.41, 5.74) is 6.29. The van der Waals surface area contributed by atoms with Gasteiger partial charge in [0.1, 0.15) is 0 Å². The van der Waals surface area contributed by atoms with Crippen LogP contribution >= 0.6 is 0 Å². The number of likely N-dealkylation sites (tertiary alicyclic amines) is 1. The van der Waals surface area contributed by atoms with E-state index in [1.54, 1.807) is 0 Å². The lowest BCUT2D eigenvalue weighted by molar-refractivity contribution is 0.153. The third-order valence-electron chi connectivity index (χ3n) is 4.37. The van der Waals surface area contributed by atoms with Crippen LogP contribution < -0.4 is 5.73 Å². The van der Waals surface area contributed by atoms with E-state index in [0.29, 0.717) is 5.41 Å². The Balaban J connectivity index is 1.81. The van der Waals surface area contributed by atoms with E-state index in [1.807, 2.05) is 0 Å². The average Bonchev–Trinajstić information content (AvgIpc) is 2.59. The molecule has 0 aromatic heterocycles. The minimum absolute atomic E-state index is 0.560. The summed E-state index contributed by atoms with van der Waals surface area (Å²) in [5.74, 6) is 0.817. The first-order valence-corrected chi connectivity index (χ1v) is 6.55. The first-order chi connectivity index (χ1) is 7.11. The minimum atomic E-state index is 0.560. The molecule has 2 aliphatic rings. The summed E-state index contributed by atoms with van der Waals surface area (Å²) in [5, 5.41) is 0. The molecule has 2 fully saturated rings. The van der Waals surface area contributed by atoms with Gasteiger partial charge < -0.3 is 5.73 Å².